The van der Waals surface area contributed by atoms with Crippen molar-refractivity contribution in [3.8, 4) is 10.7 Å². The molecule has 3 rings (SSSR count). The molecule has 0 radical (unpaired) electrons. The van der Waals surface area contributed by atoms with Crippen molar-refractivity contribution in [2.75, 3.05) is 16.4 Å². The number of anilines is 2. The third kappa shape index (κ3) is 4.91. The molecule has 1 aromatic carbocycles. The van der Waals surface area contributed by atoms with Crippen molar-refractivity contribution in [1.29, 1.82) is 0 Å². The number of nitrogens with one attached hydrogen (secondary N) is 3. The van der Waals surface area contributed by atoms with Crippen LogP contribution in [-0.2, 0) is 9.59 Å². The highest BCUT2D eigenvalue weighted by molar-refractivity contribution is 7.99. The van der Waals surface area contributed by atoms with Gasteiger partial charge in [-0.15, -0.1) is 16.4 Å². The normalized spacial score (nSPS) is 10.4. The Bertz CT molecular complexity index is 876. The monoisotopic (exact) mass is 373 g/mol. The van der Waals surface area contributed by atoms with E-state index in [4.69, 9.17) is 0 Å². The van der Waals surface area contributed by atoms with E-state index in [0.717, 1.165) is 4.88 Å². The Hall–Kier alpha value is -2.65. The van der Waals surface area contributed by atoms with Gasteiger partial charge in [0.15, 0.2) is 5.82 Å². The maximum atomic E-state index is 12.1. The first-order valence-electron chi connectivity index (χ1n) is 7.37. The number of amides is 2. The minimum absolute atomic E-state index is 0.162. The topological polar surface area (TPSA) is 99.8 Å². The number of aromatic amines is 1. The lowest BCUT2D eigenvalue weighted by Gasteiger charge is -2.07. The van der Waals surface area contributed by atoms with Crippen LogP contribution in [0.4, 0.5) is 11.4 Å². The molecule has 25 heavy (non-hydrogen) atoms. The number of thiophene rings is 1. The van der Waals surface area contributed by atoms with Gasteiger partial charge in [-0.05, 0) is 29.6 Å². The molecular weight excluding hydrogens is 358 g/mol. The number of carbonyl (C=O) groups excluding carboxylic acids is 2. The van der Waals surface area contributed by atoms with Crippen molar-refractivity contribution in [2.24, 2.45) is 0 Å². The Labute approximate surface area is 152 Å². The molecular formula is C16H15N5O2S2. The maximum Gasteiger partial charge on any atom is 0.234 e. The molecule has 2 heterocycles. The number of thioether (sulfide) groups is 1. The zero-order chi connectivity index (χ0) is 17.6. The van der Waals surface area contributed by atoms with Crippen LogP contribution in [0, 0.1) is 0 Å². The fraction of sp³-hybridized carbons (Fsp3) is 0.125. The first-order valence-corrected chi connectivity index (χ1v) is 9.23. The highest BCUT2D eigenvalue weighted by atomic mass is 32.2. The predicted octanol–water partition coefficient (Wildman–Crippen LogP) is 3.22. The van der Waals surface area contributed by atoms with Gasteiger partial charge in [0.1, 0.15) is 0 Å². The second-order valence-corrected chi connectivity index (χ2v) is 6.93. The quantitative estimate of drug-likeness (QED) is 0.576. The first-order chi connectivity index (χ1) is 12.1. The number of hydrogen-bond donors (Lipinski definition) is 3. The minimum atomic E-state index is -0.174. The zero-order valence-corrected chi connectivity index (χ0v) is 14.9. The van der Waals surface area contributed by atoms with Gasteiger partial charge in [-0.3, -0.25) is 14.7 Å². The molecule has 0 atom stereocenters. The Balaban J connectivity index is 1.54. The molecule has 0 bridgehead atoms. The molecule has 2 amide bonds. The second kappa shape index (κ2) is 7.95. The number of benzene rings is 1. The second-order valence-electron chi connectivity index (χ2n) is 5.04. The van der Waals surface area contributed by atoms with Crippen LogP contribution in [0.25, 0.3) is 10.7 Å². The van der Waals surface area contributed by atoms with Crippen LogP contribution in [0.1, 0.15) is 6.92 Å². The molecule has 0 aliphatic carbocycles. The van der Waals surface area contributed by atoms with Crippen molar-refractivity contribution in [3.05, 3.63) is 41.8 Å². The van der Waals surface area contributed by atoms with Gasteiger partial charge in [-0.1, -0.05) is 23.9 Å². The molecule has 3 N–H and O–H groups in total. The van der Waals surface area contributed by atoms with E-state index in [1.807, 2.05) is 17.5 Å². The van der Waals surface area contributed by atoms with Gasteiger partial charge >= 0.3 is 0 Å². The van der Waals surface area contributed by atoms with Crippen LogP contribution in [0.3, 0.4) is 0 Å². The van der Waals surface area contributed by atoms with E-state index in [0.29, 0.717) is 22.4 Å². The summed E-state index contributed by atoms with van der Waals surface area (Å²) in [6.07, 6.45) is 0. The Morgan fingerprint density at radius 1 is 1.20 bits per heavy atom. The molecule has 0 fully saturated rings. The van der Waals surface area contributed by atoms with Gasteiger partial charge < -0.3 is 10.6 Å². The number of nitrogens with zero attached hydrogens (tertiary/aromatic N) is 2. The summed E-state index contributed by atoms with van der Waals surface area (Å²) in [7, 11) is 0. The predicted molar refractivity (Wildman–Crippen MR) is 99.8 cm³/mol. The fourth-order valence-corrected chi connectivity index (χ4v) is 3.30. The summed E-state index contributed by atoms with van der Waals surface area (Å²) >= 11 is 2.82. The van der Waals surface area contributed by atoms with E-state index in [2.05, 4.69) is 25.8 Å². The summed E-state index contributed by atoms with van der Waals surface area (Å²) in [4.78, 5) is 28.5. The highest BCUT2D eigenvalue weighted by Crippen LogP contribution is 2.23. The molecule has 7 nitrogen and oxygen atoms in total. The number of aromatic nitrogens is 3. The van der Waals surface area contributed by atoms with Crippen LogP contribution < -0.4 is 10.6 Å². The SMILES string of the molecule is CC(=O)Nc1cccc(NC(=O)CSc2n[nH]c(-c3cccs3)n2)c1. The number of H-pyrrole nitrogens is 1. The van der Waals surface area contributed by atoms with E-state index < -0.39 is 0 Å². The number of hydrogen-bond acceptors (Lipinski definition) is 6. The molecule has 0 saturated carbocycles. The molecule has 0 spiro atoms. The molecule has 2 aromatic heterocycles. The third-order valence-corrected chi connectivity index (χ3v) is 4.74. The van der Waals surface area contributed by atoms with Gasteiger partial charge in [0.05, 0.1) is 10.6 Å². The van der Waals surface area contributed by atoms with Crippen molar-refractivity contribution in [2.45, 2.75) is 12.1 Å². The summed E-state index contributed by atoms with van der Waals surface area (Å²) in [5, 5.41) is 14.9. The van der Waals surface area contributed by atoms with E-state index in [-0.39, 0.29) is 17.6 Å². The fourth-order valence-electron chi connectivity index (χ4n) is 2.04. The van der Waals surface area contributed by atoms with Gasteiger partial charge in [0.2, 0.25) is 17.0 Å². The van der Waals surface area contributed by atoms with E-state index in [1.54, 1.807) is 35.6 Å². The van der Waals surface area contributed by atoms with Crippen molar-refractivity contribution < 1.29 is 9.59 Å². The number of carbonyl (C=O) groups is 2. The Morgan fingerprint density at radius 3 is 2.72 bits per heavy atom. The summed E-state index contributed by atoms with van der Waals surface area (Å²) in [6.45, 7) is 1.43. The minimum Gasteiger partial charge on any atom is -0.326 e. The molecule has 9 heteroatoms. The Morgan fingerprint density at radius 2 is 2.00 bits per heavy atom. The molecule has 0 aliphatic rings. The van der Waals surface area contributed by atoms with Crippen LogP contribution in [-0.4, -0.2) is 32.7 Å². The molecule has 0 saturated heterocycles. The average molecular weight is 373 g/mol. The van der Waals surface area contributed by atoms with Crippen LogP contribution in [0.2, 0.25) is 0 Å². The van der Waals surface area contributed by atoms with Gasteiger partial charge in [0, 0.05) is 18.3 Å². The molecule has 3 aromatic rings. The lowest BCUT2D eigenvalue weighted by molar-refractivity contribution is -0.114. The maximum absolute atomic E-state index is 12.1. The van der Waals surface area contributed by atoms with E-state index in [1.165, 1.54) is 18.7 Å². The molecule has 128 valence electrons. The Kier molecular flexibility index (Phi) is 5.46. The smallest absolute Gasteiger partial charge is 0.234 e. The highest BCUT2D eigenvalue weighted by Gasteiger charge is 2.10. The van der Waals surface area contributed by atoms with Crippen molar-refractivity contribution in [1.82, 2.24) is 15.2 Å². The number of rotatable bonds is 6. The van der Waals surface area contributed by atoms with Crippen LogP contribution >= 0.6 is 23.1 Å². The van der Waals surface area contributed by atoms with Gasteiger partial charge in [-0.25, -0.2) is 4.98 Å². The molecule has 0 unspecified atom stereocenters. The standard InChI is InChI=1S/C16H15N5O2S2/c1-10(22)17-11-4-2-5-12(8-11)18-14(23)9-25-16-19-15(20-21-16)13-6-3-7-24-13/h2-8H,9H2,1H3,(H,17,22)(H,18,23)(H,19,20,21). The van der Waals surface area contributed by atoms with Crippen molar-refractivity contribution in [3.63, 3.8) is 0 Å². The van der Waals surface area contributed by atoms with Crippen LogP contribution in [0.5, 0.6) is 0 Å². The summed E-state index contributed by atoms with van der Waals surface area (Å²) in [6, 6.07) is 10.9. The lowest BCUT2D eigenvalue weighted by Crippen LogP contribution is -2.14. The van der Waals surface area contributed by atoms with E-state index in [9.17, 15) is 9.59 Å². The van der Waals surface area contributed by atoms with Gasteiger partial charge in [0.25, 0.3) is 0 Å². The summed E-state index contributed by atoms with van der Waals surface area (Å²) in [5.41, 5.74) is 1.25. The first kappa shape index (κ1) is 17.2. The van der Waals surface area contributed by atoms with Crippen LogP contribution in [0.15, 0.2) is 46.9 Å². The molecule has 0 aliphatic heterocycles. The average Bonchev–Trinajstić information content (AvgIpc) is 3.24. The lowest BCUT2D eigenvalue weighted by atomic mass is 10.2. The third-order valence-electron chi connectivity index (χ3n) is 3.02. The van der Waals surface area contributed by atoms with E-state index >= 15 is 0 Å². The summed E-state index contributed by atoms with van der Waals surface area (Å²) < 4.78 is 0. The summed E-state index contributed by atoms with van der Waals surface area (Å²) in [5.74, 6) is 0.546. The van der Waals surface area contributed by atoms with Gasteiger partial charge in [-0.2, -0.15) is 0 Å². The van der Waals surface area contributed by atoms with Crippen molar-refractivity contribution >= 4 is 46.3 Å². The zero-order valence-electron chi connectivity index (χ0n) is 13.3. The largest absolute Gasteiger partial charge is 0.326 e.